The van der Waals surface area contributed by atoms with E-state index in [-0.39, 0.29) is 11.8 Å². The van der Waals surface area contributed by atoms with E-state index in [1.165, 1.54) is 21.9 Å². The predicted molar refractivity (Wildman–Crippen MR) is 130 cm³/mol. The van der Waals surface area contributed by atoms with Crippen molar-refractivity contribution < 1.29 is 9.59 Å². The Labute approximate surface area is 193 Å². The third-order valence-electron chi connectivity index (χ3n) is 7.52. The number of aromatic nitrogens is 2. The van der Waals surface area contributed by atoms with E-state index < -0.39 is 0 Å². The second kappa shape index (κ2) is 7.51. The monoisotopic (exact) mass is 440 g/mol. The Morgan fingerprint density at radius 1 is 0.667 bits per heavy atom. The van der Waals surface area contributed by atoms with Crippen molar-refractivity contribution in [2.24, 2.45) is 14.1 Å². The lowest BCUT2D eigenvalue weighted by Crippen LogP contribution is -2.42. The molecule has 2 aromatic carbocycles. The molecule has 0 atom stereocenters. The van der Waals surface area contributed by atoms with E-state index in [9.17, 15) is 9.59 Å². The number of para-hydroxylation sites is 2. The molecule has 6 nitrogen and oxygen atoms in total. The van der Waals surface area contributed by atoms with Gasteiger partial charge in [0.15, 0.2) is 0 Å². The summed E-state index contributed by atoms with van der Waals surface area (Å²) in [6.07, 6.45) is 2.55. The molecule has 0 unspecified atom stereocenters. The molecule has 2 aromatic heterocycles. The molecule has 0 saturated heterocycles. The van der Waals surface area contributed by atoms with Gasteiger partial charge in [-0.25, -0.2) is 0 Å². The van der Waals surface area contributed by atoms with Crippen LogP contribution in [0.3, 0.4) is 0 Å². The predicted octanol–water partition coefficient (Wildman–Crippen LogP) is 3.76. The molecule has 4 heterocycles. The van der Waals surface area contributed by atoms with E-state index >= 15 is 0 Å². The highest BCUT2D eigenvalue weighted by molar-refractivity contribution is 6.03. The highest BCUT2D eigenvalue weighted by Gasteiger charge is 2.31. The lowest BCUT2D eigenvalue weighted by Gasteiger charge is -2.31. The van der Waals surface area contributed by atoms with Crippen LogP contribution in [0.25, 0.3) is 21.8 Å². The number of fused-ring (bicyclic) bond motifs is 6. The summed E-state index contributed by atoms with van der Waals surface area (Å²) in [5, 5.41) is 2.38. The number of rotatable bonds is 4. The van der Waals surface area contributed by atoms with Crippen LogP contribution in [0.1, 0.15) is 38.5 Å². The third-order valence-corrected chi connectivity index (χ3v) is 7.52. The SMILES string of the molecule is Cn1c2c(c3ccccc31)CCN(CCCN1CCc3c(n(C)c4ccccc34)C1=O)C2=O. The number of hydrogen-bond acceptors (Lipinski definition) is 2. The Balaban J connectivity index is 1.16. The van der Waals surface area contributed by atoms with E-state index in [0.717, 1.165) is 54.8 Å². The molecule has 6 rings (SSSR count). The van der Waals surface area contributed by atoms with Crippen molar-refractivity contribution in [2.45, 2.75) is 19.3 Å². The maximum absolute atomic E-state index is 13.3. The second-order valence-electron chi connectivity index (χ2n) is 9.24. The Hall–Kier alpha value is -3.54. The van der Waals surface area contributed by atoms with E-state index in [1.807, 2.05) is 57.3 Å². The molecule has 0 fully saturated rings. The average Bonchev–Trinajstić information content (AvgIpc) is 3.30. The zero-order chi connectivity index (χ0) is 22.7. The fraction of sp³-hybridized carbons (Fsp3) is 0.333. The molecule has 2 amide bonds. The molecule has 2 aliphatic heterocycles. The lowest BCUT2D eigenvalue weighted by molar-refractivity contribution is 0.0689. The quantitative estimate of drug-likeness (QED) is 0.485. The first-order valence-electron chi connectivity index (χ1n) is 11.8. The Bertz CT molecular complexity index is 1320. The minimum atomic E-state index is 0.107. The van der Waals surface area contributed by atoms with Gasteiger partial charge >= 0.3 is 0 Å². The highest BCUT2D eigenvalue weighted by Crippen LogP contribution is 2.31. The van der Waals surface area contributed by atoms with Crippen molar-refractivity contribution >= 4 is 33.6 Å². The normalized spacial score (nSPS) is 16.1. The third kappa shape index (κ3) is 2.93. The maximum Gasteiger partial charge on any atom is 0.270 e. The van der Waals surface area contributed by atoms with Crippen LogP contribution in [0.5, 0.6) is 0 Å². The topological polar surface area (TPSA) is 50.5 Å². The van der Waals surface area contributed by atoms with Crippen LogP contribution in [-0.2, 0) is 26.9 Å². The molecule has 0 radical (unpaired) electrons. The van der Waals surface area contributed by atoms with Gasteiger partial charge in [0.25, 0.3) is 11.8 Å². The molecule has 168 valence electrons. The standard InChI is InChI=1S/C27H28N4O2/c1-28-22-10-5-3-8-18(22)20-12-16-30(26(32)24(20)28)14-7-15-31-17-13-21-19-9-4-6-11-23(19)29(2)25(21)27(31)33/h3-6,8-11H,7,12-17H2,1-2H3. The Morgan fingerprint density at radius 3 is 1.55 bits per heavy atom. The molecular formula is C27H28N4O2. The van der Waals surface area contributed by atoms with Gasteiger partial charge in [-0.3, -0.25) is 9.59 Å². The van der Waals surface area contributed by atoms with E-state index in [2.05, 4.69) is 24.3 Å². The van der Waals surface area contributed by atoms with Gasteiger partial charge in [0.1, 0.15) is 11.4 Å². The van der Waals surface area contributed by atoms with Crippen molar-refractivity contribution in [3.8, 4) is 0 Å². The van der Waals surface area contributed by atoms with Crippen LogP contribution in [0.4, 0.5) is 0 Å². The molecule has 0 saturated carbocycles. The molecule has 0 spiro atoms. The van der Waals surface area contributed by atoms with Crippen molar-refractivity contribution in [2.75, 3.05) is 26.2 Å². The summed E-state index contributed by atoms with van der Waals surface area (Å²) in [6.45, 7) is 2.82. The summed E-state index contributed by atoms with van der Waals surface area (Å²) in [5.41, 5.74) is 6.20. The number of carbonyl (C=O) groups excluding carboxylic acids is 2. The zero-order valence-electron chi connectivity index (χ0n) is 19.2. The van der Waals surface area contributed by atoms with Crippen LogP contribution in [0.2, 0.25) is 0 Å². The Morgan fingerprint density at radius 2 is 1.09 bits per heavy atom. The van der Waals surface area contributed by atoms with Crippen LogP contribution in [0, 0.1) is 0 Å². The summed E-state index contributed by atoms with van der Waals surface area (Å²) in [7, 11) is 3.97. The number of benzene rings is 2. The first-order valence-corrected chi connectivity index (χ1v) is 11.8. The maximum atomic E-state index is 13.3. The fourth-order valence-corrected chi connectivity index (χ4v) is 5.87. The molecule has 2 aliphatic rings. The summed E-state index contributed by atoms with van der Waals surface area (Å²) < 4.78 is 4.07. The smallest absolute Gasteiger partial charge is 0.270 e. The summed E-state index contributed by atoms with van der Waals surface area (Å²) in [4.78, 5) is 30.5. The molecule has 0 bridgehead atoms. The van der Waals surface area contributed by atoms with Crippen molar-refractivity contribution in [1.82, 2.24) is 18.9 Å². The zero-order valence-corrected chi connectivity index (χ0v) is 19.2. The molecule has 0 N–H and O–H groups in total. The molecule has 6 heteroatoms. The number of aryl methyl sites for hydroxylation is 2. The summed E-state index contributed by atoms with van der Waals surface area (Å²) >= 11 is 0. The van der Waals surface area contributed by atoms with Crippen LogP contribution in [0.15, 0.2) is 48.5 Å². The van der Waals surface area contributed by atoms with E-state index in [4.69, 9.17) is 0 Å². The number of carbonyl (C=O) groups is 2. The molecule has 0 aliphatic carbocycles. The molecule has 4 aromatic rings. The fourth-order valence-electron chi connectivity index (χ4n) is 5.87. The minimum Gasteiger partial charge on any atom is -0.339 e. The molecular weight excluding hydrogens is 412 g/mol. The van der Waals surface area contributed by atoms with E-state index in [1.54, 1.807) is 0 Å². The van der Waals surface area contributed by atoms with Crippen LogP contribution in [-0.4, -0.2) is 56.9 Å². The molecule has 33 heavy (non-hydrogen) atoms. The Kier molecular flexibility index (Phi) is 4.57. The first-order chi connectivity index (χ1) is 16.1. The van der Waals surface area contributed by atoms with Crippen LogP contribution >= 0.6 is 0 Å². The number of hydrogen-bond donors (Lipinski definition) is 0. The van der Waals surface area contributed by atoms with Gasteiger partial charge in [0.05, 0.1) is 0 Å². The van der Waals surface area contributed by atoms with Crippen molar-refractivity contribution in [1.29, 1.82) is 0 Å². The second-order valence-corrected chi connectivity index (χ2v) is 9.24. The van der Waals surface area contributed by atoms with Gasteiger partial charge in [-0.1, -0.05) is 36.4 Å². The highest BCUT2D eigenvalue weighted by atomic mass is 16.2. The minimum absolute atomic E-state index is 0.107. The number of amides is 2. The van der Waals surface area contributed by atoms with Gasteiger partial charge in [-0.15, -0.1) is 0 Å². The van der Waals surface area contributed by atoms with Gasteiger partial charge in [-0.05, 0) is 42.5 Å². The van der Waals surface area contributed by atoms with E-state index in [0.29, 0.717) is 13.1 Å². The van der Waals surface area contributed by atoms with Crippen LogP contribution < -0.4 is 0 Å². The average molecular weight is 441 g/mol. The first kappa shape index (κ1) is 20.1. The largest absolute Gasteiger partial charge is 0.339 e. The van der Waals surface area contributed by atoms with Crippen molar-refractivity contribution in [3.63, 3.8) is 0 Å². The van der Waals surface area contributed by atoms with Gasteiger partial charge in [-0.2, -0.15) is 0 Å². The number of nitrogens with zero attached hydrogens (tertiary/aromatic N) is 4. The van der Waals surface area contributed by atoms with Gasteiger partial charge in [0.2, 0.25) is 0 Å². The van der Waals surface area contributed by atoms with Gasteiger partial charge < -0.3 is 18.9 Å². The summed E-state index contributed by atoms with van der Waals surface area (Å²) in [6, 6.07) is 16.5. The lowest BCUT2D eigenvalue weighted by atomic mass is 10.0. The van der Waals surface area contributed by atoms with Gasteiger partial charge in [0, 0.05) is 62.1 Å². The summed E-state index contributed by atoms with van der Waals surface area (Å²) in [5.74, 6) is 0.215. The van der Waals surface area contributed by atoms with Crippen molar-refractivity contribution in [3.05, 3.63) is 71.0 Å².